The Morgan fingerprint density at radius 1 is 1.17 bits per heavy atom. The Kier molecular flexibility index (Phi) is 5.33. The van der Waals surface area contributed by atoms with E-state index in [-0.39, 0.29) is 11.9 Å². The van der Waals surface area contributed by atoms with Crippen LogP contribution in [0.4, 0.5) is 4.79 Å². The van der Waals surface area contributed by atoms with Crippen LogP contribution in [0.25, 0.3) is 0 Å². The van der Waals surface area contributed by atoms with Gasteiger partial charge in [-0.15, -0.1) is 0 Å². The van der Waals surface area contributed by atoms with Crippen LogP contribution in [0.2, 0.25) is 0 Å². The predicted octanol–water partition coefficient (Wildman–Crippen LogP) is 2.87. The minimum atomic E-state index is -0.569. The third-order valence-corrected chi connectivity index (χ3v) is 4.69. The molecule has 1 fully saturated rings. The number of hydrogen-bond donors (Lipinski definition) is 1. The monoisotopic (exact) mass is 332 g/mol. The molecule has 5 nitrogen and oxygen atoms in total. The van der Waals surface area contributed by atoms with Gasteiger partial charge in [0.2, 0.25) is 0 Å². The molecule has 24 heavy (non-hydrogen) atoms. The topological polar surface area (TPSA) is 72.6 Å². The number of benzene rings is 1. The zero-order valence-corrected chi connectivity index (χ0v) is 15.0. The van der Waals surface area contributed by atoms with Crippen molar-refractivity contribution in [2.45, 2.75) is 57.6 Å². The first kappa shape index (κ1) is 18.5. The zero-order valence-electron chi connectivity index (χ0n) is 15.0. The Labute approximate surface area is 144 Å². The van der Waals surface area contributed by atoms with Crippen molar-refractivity contribution >= 4 is 11.9 Å². The van der Waals surface area contributed by atoms with Gasteiger partial charge in [-0.05, 0) is 46.1 Å². The van der Waals surface area contributed by atoms with E-state index in [0.717, 1.165) is 5.56 Å². The van der Waals surface area contributed by atoms with E-state index in [1.807, 2.05) is 51.1 Å². The highest BCUT2D eigenvalue weighted by Crippen LogP contribution is 2.38. The third kappa shape index (κ3) is 3.96. The average Bonchev–Trinajstić information content (AvgIpc) is 2.53. The summed E-state index contributed by atoms with van der Waals surface area (Å²) in [6.07, 6.45) is 0.995. The van der Waals surface area contributed by atoms with E-state index in [0.29, 0.717) is 25.9 Å². The lowest BCUT2D eigenvalue weighted by atomic mass is 9.67. The molecule has 2 N–H and O–H groups in total. The van der Waals surface area contributed by atoms with Crippen LogP contribution in [0.15, 0.2) is 30.3 Å². The molecule has 1 saturated heterocycles. The summed E-state index contributed by atoms with van der Waals surface area (Å²) >= 11 is 0. The maximum Gasteiger partial charge on any atom is 0.410 e. The van der Waals surface area contributed by atoms with E-state index in [4.69, 9.17) is 10.5 Å². The summed E-state index contributed by atoms with van der Waals surface area (Å²) in [6, 6.07) is 9.35. The summed E-state index contributed by atoms with van der Waals surface area (Å²) in [5, 5.41) is 0. The van der Waals surface area contributed by atoms with Gasteiger partial charge in [0.1, 0.15) is 11.4 Å². The smallest absolute Gasteiger partial charge is 0.410 e. The molecule has 1 aliphatic rings. The average molecular weight is 332 g/mol. The van der Waals surface area contributed by atoms with E-state index in [1.165, 1.54) is 6.92 Å². The normalized spacial score (nSPS) is 18.8. The maximum atomic E-state index is 12.3. The zero-order chi connectivity index (χ0) is 18.0. The Morgan fingerprint density at radius 2 is 1.71 bits per heavy atom. The fraction of sp³-hybridized carbons (Fsp3) is 0.579. The number of likely N-dealkylation sites (tertiary alicyclic amines) is 1. The van der Waals surface area contributed by atoms with Gasteiger partial charge < -0.3 is 15.4 Å². The van der Waals surface area contributed by atoms with Crippen molar-refractivity contribution in [3.63, 3.8) is 0 Å². The van der Waals surface area contributed by atoms with Gasteiger partial charge in [-0.25, -0.2) is 4.79 Å². The van der Waals surface area contributed by atoms with Crippen LogP contribution in [-0.2, 0) is 14.9 Å². The number of hydrogen-bond acceptors (Lipinski definition) is 4. The van der Waals surface area contributed by atoms with Gasteiger partial charge in [0.15, 0.2) is 0 Å². The minimum Gasteiger partial charge on any atom is -0.444 e. The molecule has 1 aromatic rings. The van der Waals surface area contributed by atoms with Crippen LogP contribution < -0.4 is 5.73 Å². The highest BCUT2D eigenvalue weighted by molar-refractivity contribution is 5.83. The highest BCUT2D eigenvalue weighted by Gasteiger charge is 2.44. The van der Waals surface area contributed by atoms with Crippen molar-refractivity contribution in [1.82, 2.24) is 4.90 Å². The minimum absolute atomic E-state index is 0.0235. The second kappa shape index (κ2) is 6.93. The Hall–Kier alpha value is -1.88. The predicted molar refractivity (Wildman–Crippen MR) is 93.8 cm³/mol. The molecule has 1 heterocycles. The van der Waals surface area contributed by atoms with E-state index in [1.54, 1.807) is 4.90 Å². The first-order valence-corrected chi connectivity index (χ1v) is 8.45. The first-order chi connectivity index (χ1) is 11.2. The molecular formula is C19H28N2O3. The van der Waals surface area contributed by atoms with Crippen LogP contribution in [0, 0.1) is 0 Å². The Morgan fingerprint density at radius 3 is 2.17 bits per heavy atom. The molecule has 0 radical (unpaired) electrons. The summed E-state index contributed by atoms with van der Waals surface area (Å²) < 4.78 is 5.45. The second-order valence-corrected chi connectivity index (χ2v) is 7.58. The molecule has 0 bridgehead atoms. The van der Waals surface area contributed by atoms with Crippen molar-refractivity contribution in [1.29, 1.82) is 0 Å². The standard InChI is InChI=1S/C19H28N2O3/c1-14(22)16(20)19(15-8-6-5-7-9-15)10-12-21(13-11-19)17(23)24-18(2,3)4/h5-9,16H,10-13,20H2,1-4H3. The lowest BCUT2D eigenvalue weighted by molar-refractivity contribution is -0.120. The Bertz CT molecular complexity index is 584. The van der Waals surface area contributed by atoms with Gasteiger partial charge in [-0.2, -0.15) is 0 Å². The quantitative estimate of drug-likeness (QED) is 0.924. The molecular weight excluding hydrogens is 304 g/mol. The summed E-state index contributed by atoms with van der Waals surface area (Å²) in [5.41, 5.74) is 6.43. The molecule has 1 unspecified atom stereocenters. The van der Waals surface area contributed by atoms with Gasteiger partial charge in [-0.3, -0.25) is 4.79 Å². The summed E-state index contributed by atoms with van der Waals surface area (Å²) in [6.45, 7) is 8.17. The molecule has 2 rings (SSSR count). The van der Waals surface area contributed by atoms with Crippen LogP contribution in [0.1, 0.15) is 46.1 Å². The lowest BCUT2D eigenvalue weighted by Gasteiger charge is -2.45. The molecule has 1 aromatic carbocycles. The maximum absolute atomic E-state index is 12.3. The number of amides is 1. The lowest BCUT2D eigenvalue weighted by Crippen LogP contribution is -2.56. The number of piperidine rings is 1. The van der Waals surface area contributed by atoms with E-state index >= 15 is 0 Å². The SMILES string of the molecule is CC(=O)C(N)C1(c2ccccc2)CCN(C(=O)OC(C)(C)C)CC1. The summed E-state index contributed by atoms with van der Waals surface area (Å²) in [5.74, 6) is -0.0235. The van der Waals surface area contributed by atoms with Crippen molar-refractivity contribution < 1.29 is 14.3 Å². The third-order valence-electron chi connectivity index (χ3n) is 4.69. The van der Waals surface area contributed by atoms with Crippen molar-refractivity contribution in [3.05, 3.63) is 35.9 Å². The van der Waals surface area contributed by atoms with E-state index < -0.39 is 17.1 Å². The molecule has 5 heteroatoms. The number of Topliss-reactive ketones (excluding diaryl/α,β-unsaturated/α-hetero) is 1. The van der Waals surface area contributed by atoms with Gasteiger partial charge in [0, 0.05) is 18.5 Å². The van der Waals surface area contributed by atoms with Crippen molar-refractivity contribution in [3.8, 4) is 0 Å². The van der Waals surface area contributed by atoms with Crippen LogP contribution in [0.3, 0.4) is 0 Å². The molecule has 1 aliphatic heterocycles. The molecule has 0 aliphatic carbocycles. The van der Waals surface area contributed by atoms with Gasteiger partial charge >= 0.3 is 6.09 Å². The molecule has 0 saturated carbocycles. The number of ether oxygens (including phenoxy) is 1. The van der Waals surface area contributed by atoms with Crippen LogP contribution in [0.5, 0.6) is 0 Å². The first-order valence-electron chi connectivity index (χ1n) is 8.45. The van der Waals surface area contributed by atoms with Crippen molar-refractivity contribution in [2.75, 3.05) is 13.1 Å². The fourth-order valence-electron chi connectivity index (χ4n) is 3.35. The second-order valence-electron chi connectivity index (χ2n) is 7.58. The summed E-state index contributed by atoms with van der Waals surface area (Å²) in [4.78, 5) is 26.0. The fourth-order valence-corrected chi connectivity index (χ4v) is 3.35. The number of nitrogens with two attached hydrogens (primary N) is 1. The molecule has 0 aromatic heterocycles. The van der Waals surface area contributed by atoms with Crippen molar-refractivity contribution in [2.24, 2.45) is 5.73 Å². The molecule has 0 spiro atoms. The number of ketones is 1. The van der Waals surface area contributed by atoms with Crippen LogP contribution in [-0.4, -0.2) is 41.5 Å². The highest BCUT2D eigenvalue weighted by atomic mass is 16.6. The van der Waals surface area contributed by atoms with E-state index in [9.17, 15) is 9.59 Å². The molecule has 1 atom stereocenters. The van der Waals surface area contributed by atoms with Gasteiger partial charge in [-0.1, -0.05) is 30.3 Å². The number of carbonyl (C=O) groups is 2. The largest absolute Gasteiger partial charge is 0.444 e. The molecule has 132 valence electrons. The number of carbonyl (C=O) groups excluding carboxylic acids is 2. The summed E-state index contributed by atoms with van der Waals surface area (Å²) in [7, 11) is 0. The van der Waals surface area contributed by atoms with Crippen LogP contribution >= 0.6 is 0 Å². The number of rotatable bonds is 3. The van der Waals surface area contributed by atoms with E-state index in [2.05, 4.69) is 0 Å². The Balaban J connectivity index is 2.19. The van der Waals surface area contributed by atoms with Gasteiger partial charge in [0.05, 0.1) is 6.04 Å². The molecule has 1 amide bonds. The van der Waals surface area contributed by atoms with Gasteiger partial charge in [0.25, 0.3) is 0 Å². The number of nitrogens with zero attached hydrogens (tertiary/aromatic N) is 1.